The van der Waals surface area contributed by atoms with E-state index in [0.717, 1.165) is 10.8 Å². The van der Waals surface area contributed by atoms with Crippen molar-refractivity contribution in [2.75, 3.05) is 0 Å². The largest absolute Gasteiger partial charge is 0.248 e. The third-order valence-corrected chi connectivity index (χ3v) is 2.92. The van der Waals surface area contributed by atoms with E-state index in [9.17, 15) is 4.21 Å². The zero-order chi connectivity index (χ0) is 12.1. The van der Waals surface area contributed by atoms with E-state index in [1.807, 2.05) is 39.0 Å². The topological polar surface area (TPSA) is 43.1 Å². The van der Waals surface area contributed by atoms with Crippen LogP contribution in [0.4, 0.5) is 0 Å². The summed E-state index contributed by atoms with van der Waals surface area (Å²) in [7, 11) is -1.39. The van der Waals surface area contributed by atoms with Gasteiger partial charge in [-0.1, -0.05) is 43.7 Å². The minimum atomic E-state index is -1.39. The van der Waals surface area contributed by atoms with Gasteiger partial charge in [0.15, 0.2) is 0 Å². The normalized spacial score (nSPS) is 11.8. The molecule has 3 heteroatoms. The van der Waals surface area contributed by atoms with Crippen molar-refractivity contribution in [2.24, 2.45) is 5.14 Å². The molecule has 0 aliphatic rings. The van der Waals surface area contributed by atoms with Crippen molar-refractivity contribution >= 4 is 21.8 Å². The fourth-order valence-corrected chi connectivity index (χ4v) is 1.91. The molecule has 86 valence electrons. The summed E-state index contributed by atoms with van der Waals surface area (Å²) >= 11 is 0. The van der Waals surface area contributed by atoms with Gasteiger partial charge in [0.25, 0.3) is 0 Å². The molecule has 0 bridgehead atoms. The lowest BCUT2D eigenvalue weighted by Gasteiger charge is -2.01. The molecular weight excluding hydrogens is 218 g/mol. The van der Waals surface area contributed by atoms with Gasteiger partial charge in [-0.25, -0.2) is 9.35 Å². The lowest BCUT2D eigenvalue weighted by Crippen LogP contribution is -2.01. The molecule has 2 rings (SSSR count). The lowest BCUT2D eigenvalue weighted by molar-refractivity contribution is 0.684. The van der Waals surface area contributed by atoms with Gasteiger partial charge in [0.2, 0.25) is 0 Å². The Morgan fingerprint density at radius 1 is 1.00 bits per heavy atom. The molecule has 0 aliphatic carbocycles. The predicted molar refractivity (Wildman–Crippen MR) is 70.6 cm³/mol. The van der Waals surface area contributed by atoms with Crippen LogP contribution in [-0.4, -0.2) is 4.21 Å². The Morgan fingerprint density at radius 3 is 2.25 bits per heavy atom. The van der Waals surface area contributed by atoms with Gasteiger partial charge in [-0.3, -0.25) is 0 Å². The molecule has 0 aromatic heterocycles. The monoisotopic (exact) mass is 235 g/mol. The average Bonchev–Trinajstić information content (AvgIpc) is 2.30. The van der Waals surface area contributed by atoms with Crippen molar-refractivity contribution in [1.82, 2.24) is 0 Å². The first-order valence-electron chi connectivity index (χ1n) is 5.33. The van der Waals surface area contributed by atoms with Crippen LogP contribution in [0.3, 0.4) is 0 Å². The summed E-state index contributed by atoms with van der Waals surface area (Å²) in [6.07, 6.45) is 0. The molecule has 0 amide bonds. The van der Waals surface area contributed by atoms with Gasteiger partial charge in [0.05, 0.1) is 4.90 Å². The van der Waals surface area contributed by atoms with Crippen LogP contribution in [0.5, 0.6) is 0 Å². The maximum Gasteiger partial charge on any atom is 0.122 e. The number of nitrogens with two attached hydrogens (primary N) is 1. The van der Waals surface area contributed by atoms with E-state index in [0.29, 0.717) is 4.90 Å². The zero-order valence-electron chi connectivity index (χ0n) is 9.86. The van der Waals surface area contributed by atoms with E-state index in [4.69, 9.17) is 5.14 Å². The van der Waals surface area contributed by atoms with Crippen LogP contribution < -0.4 is 5.14 Å². The number of benzene rings is 2. The van der Waals surface area contributed by atoms with Crippen LogP contribution in [0.1, 0.15) is 19.4 Å². The number of fused-ring (bicyclic) bond motifs is 1. The summed E-state index contributed by atoms with van der Waals surface area (Å²) in [5.41, 5.74) is 1.19. The summed E-state index contributed by atoms with van der Waals surface area (Å²) in [6, 6.07) is 11.8. The highest BCUT2D eigenvalue weighted by Crippen LogP contribution is 2.18. The van der Waals surface area contributed by atoms with Gasteiger partial charge in [0, 0.05) is 0 Å². The maximum absolute atomic E-state index is 11.1. The highest BCUT2D eigenvalue weighted by molar-refractivity contribution is 7.82. The van der Waals surface area contributed by atoms with Crippen molar-refractivity contribution in [2.45, 2.75) is 25.7 Å². The minimum Gasteiger partial charge on any atom is -0.248 e. The second kappa shape index (κ2) is 5.77. The van der Waals surface area contributed by atoms with E-state index in [1.165, 1.54) is 5.56 Å². The molecule has 0 spiro atoms. The molecule has 0 radical (unpaired) electrons. The number of hydrogen-bond acceptors (Lipinski definition) is 1. The van der Waals surface area contributed by atoms with Crippen molar-refractivity contribution in [1.29, 1.82) is 0 Å². The molecule has 16 heavy (non-hydrogen) atoms. The maximum atomic E-state index is 11.1. The van der Waals surface area contributed by atoms with E-state index < -0.39 is 11.0 Å². The van der Waals surface area contributed by atoms with Crippen molar-refractivity contribution in [3.63, 3.8) is 0 Å². The fourth-order valence-electron chi connectivity index (χ4n) is 1.47. The highest BCUT2D eigenvalue weighted by Gasteiger charge is 1.99. The highest BCUT2D eigenvalue weighted by atomic mass is 32.2. The van der Waals surface area contributed by atoms with Crippen LogP contribution in [0.25, 0.3) is 10.8 Å². The Hall–Kier alpha value is -1.19. The Balaban J connectivity index is 0.000000606. The summed E-state index contributed by atoms with van der Waals surface area (Å²) < 4.78 is 11.1. The van der Waals surface area contributed by atoms with Crippen molar-refractivity contribution in [3.05, 3.63) is 42.0 Å². The summed E-state index contributed by atoms with van der Waals surface area (Å²) in [5, 5.41) is 7.54. The smallest absolute Gasteiger partial charge is 0.122 e. The second-order valence-electron chi connectivity index (χ2n) is 3.31. The first-order valence-corrected chi connectivity index (χ1v) is 6.55. The Morgan fingerprint density at radius 2 is 1.62 bits per heavy atom. The Kier molecular flexibility index (Phi) is 4.65. The van der Waals surface area contributed by atoms with Crippen LogP contribution in [0.2, 0.25) is 0 Å². The summed E-state index contributed by atoms with van der Waals surface area (Å²) in [5.74, 6) is 0. The fraction of sp³-hybridized carbons (Fsp3) is 0.231. The van der Waals surface area contributed by atoms with E-state index in [-0.39, 0.29) is 0 Å². The van der Waals surface area contributed by atoms with Crippen LogP contribution in [0, 0.1) is 6.92 Å². The molecule has 2 nitrogen and oxygen atoms in total. The van der Waals surface area contributed by atoms with Crippen molar-refractivity contribution < 1.29 is 4.21 Å². The quantitative estimate of drug-likeness (QED) is 0.810. The molecule has 2 N–H and O–H groups in total. The first-order chi connectivity index (χ1) is 7.66. The molecule has 1 atom stereocenters. The molecule has 1 unspecified atom stereocenters. The van der Waals surface area contributed by atoms with Gasteiger partial charge in [-0.2, -0.15) is 0 Å². The Bertz CT molecular complexity index is 508. The van der Waals surface area contributed by atoms with Crippen LogP contribution in [0.15, 0.2) is 41.3 Å². The van der Waals surface area contributed by atoms with Crippen LogP contribution >= 0.6 is 0 Å². The van der Waals surface area contributed by atoms with E-state index >= 15 is 0 Å². The molecule has 2 aromatic rings. The SMILES string of the molecule is CC.Cc1ccc2ccc(S(N)=O)cc2c1. The first kappa shape index (κ1) is 12.9. The summed E-state index contributed by atoms with van der Waals surface area (Å²) in [6.45, 7) is 6.03. The third-order valence-electron chi connectivity index (χ3n) is 2.20. The minimum absolute atomic E-state index is 0.670. The molecule has 0 fully saturated rings. The molecule has 0 heterocycles. The molecule has 0 aliphatic heterocycles. The summed E-state index contributed by atoms with van der Waals surface area (Å²) in [4.78, 5) is 0.670. The second-order valence-corrected chi connectivity index (χ2v) is 4.38. The van der Waals surface area contributed by atoms with Gasteiger partial charge in [0.1, 0.15) is 11.0 Å². The van der Waals surface area contributed by atoms with Crippen molar-refractivity contribution in [3.8, 4) is 0 Å². The predicted octanol–water partition coefficient (Wildman–Crippen LogP) is 3.16. The standard InChI is InChI=1S/C11H11NOS.C2H6/c1-8-2-3-9-4-5-11(14(12)13)7-10(9)6-8;1-2/h2-7H,12H2,1H3;1-2H3. The number of rotatable bonds is 1. The van der Waals surface area contributed by atoms with E-state index in [1.54, 1.807) is 6.07 Å². The molecular formula is C13H17NOS. The van der Waals surface area contributed by atoms with Gasteiger partial charge in [-0.05, 0) is 29.8 Å². The number of aryl methyl sites for hydroxylation is 1. The number of hydrogen-bond donors (Lipinski definition) is 1. The third kappa shape index (κ3) is 2.90. The average molecular weight is 235 g/mol. The van der Waals surface area contributed by atoms with Gasteiger partial charge >= 0.3 is 0 Å². The molecule has 0 saturated heterocycles. The molecule has 2 aromatic carbocycles. The van der Waals surface area contributed by atoms with E-state index in [2.05, 4.69) is 12.1 Å². The van der Waals surface area contributed by atoms with Gasteiger partial charge < -0.3 is 0 Å². The zero-order valence-corrected chi connectivity index (χ0v) is 10.7. The van der Waals surface area contributed by atoms with Gasteiger partial charge in [-0.15, -0.1) is 0 Å². The Labute approximate surface area is 99.1 Å². The lowest BCUT2D eigenvalue weighted by atomic mass is 10.1. The molecule has 0 saturated carbocycles. The van der Waals surface area contributed by atoms with Crippen LogP contribution in [-0.2, 0) is 11.0 Å².